The highest BCUT2D eigenvalue weighted by molar-refractivity contribution is 7.92. The second-order valence-corrected chi connectivity index (χ2v) is 12.8. The molecule has 3 rings (SSSR count). The maximum absolute atomic E-state index is 13.5. The molecule has 1 aliphatic rings. The first-order valence-electron chi connectivity index (χ1n) is 12.8. The first-order chi connectivity index (χ1) is 18.4. The van der Waals surface area contributed by atoms with Crippen LogP contribution in [0.1, 0.15) is 51.0 Å². The van der Waals surface area contributed by atoms with Crippen molar-refractivity contribution >= 4 is 62.3 Å². The van der Waals surface area contributed by atoms with Crippen LogP contribution in [-0.2, 0) is 26.2 Å². The van der Waals surface area contributed by atoms with E-state index in [0.29, 0.717) is 27.0 Å². The molecular weight excluding hydrogens is 585 g/mol. The lowest BCUT2D eigenvalue weighted by molar-refractivity contribution is -0.140. The molecule has 0 aromatic heterocycles. The van der Waals surface area contributed by atoms with Crippen molar-refractivity contribution in [3.8, 4) is 5.75 Å². The highest BCUT2D eigenvalue weighted by Crippen LogP contribution is 2.31. The van der Waals surface area contributed by atoms with Gasteiger partial charge < -0.3 is 15.0 Å². The van der Waals surface area contributed by atoms with Crippen LogP contribution in [0.4, 0.5) is 5.69 Å². The molecule has 1 aliphatic carbocycles. The molecule has 2 amide bonds. The van der Waals surface area contributed by atoms with Crippen molar-refractivity contribution in [2.45, 2.75) is 64.1 Å². The lowest BCUT2D eigenvalue weighted by Gasteiger charge is -2.31. The predicted octanol–water partition coefficient (Wildman–Crippen LogP) is 5.68. The molecule has 1 N–H and O–H groups in total. The fraction of sp³-hybridized carbons (Fsp3) is 0.481. The zero-order chi connectivity index (χ0) is 28.7. The summed E-state index contributed by atoms with van der Waals surface area (Å²) < 4.78 is 31.5. The van der Waals surface area contributed by atoms with Gasteiger partial charge in [-0.1, -0.05) is 53.7 Å². The van der Waals surface area contributed by atoms with Crippen molar-refractivity contribution in [3.63, 3.8) is 0 Å². The van der Waals surface area contributed by atoms with E-state index in [9.17, 15) is 18.0 Å². The van der Waals surface area contributed by atoms with Crippen LogP contribution in [0.25, 0.3) is 0 Å². The van der Waals surface area contributed by atoms with E-state index in [2.05, 4.69) is 5.32 Å². The molecule has 1 fully saturated rings. The molecule has 0 radical (unpaired) electrons. The minimum atomic E-state index is -3.67. The van der Waals surface area contributed by atoms with Gasteiger partial charge in [-0.05, 0) is 56.5 Å². The summed E-state index contributed by atoms with van der Waals surface area (Å²) in [5.74, 6) is -0.145. The lowest BCUT2D eigenvalue weighted by Crippen LogP contribution is -2.49. The summed E-state index contributed by atoms with van der Waals surface area (Å²) in [5.41, 5.74) is 0.903. The van der Waals surface area contributed by atoms with E-state index < -0.39 is 16.1 Å². The first-order valence-corrected chi connectivity index (χ1v) is 15.7. The summed E-state index contributed by atoms with van der Waals surface area (Å²) in [7, 11) is -2.20. The summed E-state index contributed by atoms with van der Waals surface area (Å²) in [5, 5.41) is 4.10. The van der Waals surface area contributed by atoms with E-state index >= 15 is 0 Å². The summed E-state index contributed by atoms with van der Waals surface area (Å²) in [6, 6.07) is 9.07. The number of sulfonamides is 1. The average Bonchev–Trinajstić information content (AvgIpc) is 3.38. The van der Waals surface area contributed by atoms with Crippen LogP contribution >= 0.6 is 34.8 Å². The third-order valence-corrected chi connectivity index (χ3v) is 9.03. The number of nitrogens with zero attached hydrogens (tertiary/aromatic N) is 2. The van der Waals surface area contributed by atoms with Crippen molar-refractivity contribution in [1.82, 2.24) is 10.2 Å². The Kier molecular flexibility index (Phi) is 11.2. The zero-order valence-electron chi connectivity index (χ0n) is 22.3. The second-order valence-electron chi connectivity index (χ2n) is 9.65. The van der Waals surface area contributed by atoms with Crippen molar-refractivity contribution in [1.29, 1.82) is 0 Å². The van der Waals surface area contributed by atoms with Gasteiger partial charge in [0, 0.05) is 41.2 Å². The van der Waals surface area contributed by atoms with E-state index in [1.165, 1.54) is 22.4 Å². The van der Waals surface area contributed by atoms with Crippen LogP contribution in [0.5, 0.6) is 5.75 Å². The number of hydrogen-bond acceptors (Lipinski definition) is 5. The van der Waals surface area contributed by atoms with Crippen LogP contribution in [0.3, 0.4) is 0 Å². The maximum Gasteiger partial charge on any atom is 0.242 e. The number of carbonyl (C=O) groups is 2. The normalized spacial score (nSPS) is 14.6. The van der Waals surface area contributed by atoms with Gasteiger partial charge in [-0.2, -0.15) is 0 Å². The minimum absolute atomic E-state index is 0.000965. The fourth-order valence-electron chi connectivity index (χ4n) is 4.64. The summed E-state index contributed by atoms with van der Waals surface area (Å²) in [4.78, 5) is 28.1. The van der Waals surface area contributed by atoms with Crippen molar-refractivity contribution in [2.75, 3.05) is 24.2 Å². The molecule has 0 saturated heterocycles. The second kappa shape index (κ2) is 13.9. The molecule has 0 aliphatic heterocycles. The Hall–Kier alpha value is -2.20. The van der Waals surface area contributed by atoms with Gasteiger partial charge in [-0.25, -0.2) is 8.42 Å². The Morgan fingerprint density at radius 1 is 1.08 bits per heavy atom. The van der Waals surface area contributed by atoms with E-state index in [1.807, 2.05) is 0 Å². The molecule has 214 valence electrons. The largest absolute Gasteiger partial charge is 0.495 e. The van der Waals surface area contributed by atoms with Crippen molar-refractivity contribution in [3.05, 3.63) is 57.0 Å². The van der Waals surface area contributed by atoms with Gasteiger partial charge in [0.25, 0.3) is 0 Å². The Morgan fingerprint density at radius 2 is 1.72 bits per heavy atom. The standard InChI is InChI=1S/C27H34Cl3N3O5S/c1-18(27(35)31-19-8-4-5-9-19)32(17-21-22(28)10-6-11-23(21)29)26(34)12-7-15-33(39(3,36)37)20-13-14-25(38-2)24(30)16-20/h6,10-11,13-14,16,18-19H,4-5,7-9,12,15,17H2,1-3H3,(H,31,35)/t18-/m0/s1. The topological polar surface area (TPSA) is 96.0 Å². The Balaban J connectivity index is 1.77. The predicted molar refractivity (Wildman–Crippen MR) is 156 cm³/mol. The number of methoxy groups -OCH3 is 1. The Morgan fingerprint density at radius 3 is 2.28 bits per heavy atom. The molecule has 12 heteroatoms. The number of anilines is 1. The zero-order valence-corrected chi connectivity index (χ0v) is 25.3. The highest BCUT2D eigenvalue weighted by atomic mass is 35.5. The van der Waals surface area contributed by atoms with Crippen LogP contribution in [0, 0.1) is 0 Å². The molecule has 0 spiro atoms. The van der Waals surface area contributed by atoms with Crippen LogP contribution in [-0.4, -0.2) is 57.1 Å². The van der Waals surface area contributed by atoms with Crippen molar-refractivity contribution < 1.29 is 22.7 Å². The van der Waals surface area contributed by atoms with E-state index in [4.69, 9.17) is 39.5 Å². The van der Waals surface area contributed by atoms with E-state index in [1.54, 1.807) is 37.3 Å². The Bertz CT molecular complexity index is 1270. The number of nitrogens with one attached hydrogen (secondary N) is 1. The number of carbonyl (C=O) groups excluding carboxylic acids is 2. The van der Waals surface area contributed by atoms with Gasteiger partial charge in [0.1, 0.15) is 11.8 Å². The Labute approximate surface area is 245 Å². The molecule has 39 heavy (non-hydrogen) atoms. The average molecular weight is 619 g/mol. The third kappa shape index (κ3) is 8.39. The molecule has 0 unspecified atom stereocenters. The molecule has 2 aromatic carbocycles. The molecule has 1 atom stereocenters. The smallest absolute Gasteiger partial charge is 0.242 e. The number of rotatable bonds is 12. The molecular formula is C27H34Cl3N3O5S. The molecule has 8 nitrogen and oxygen atoms in total. The van der Waals surface area contributed by atoms with E-state index in [0.717, 1.165) is 31.9 Å². The lowest BCUT2D eigenvalue weighted by atomic mass is 10.1. The van der Waals surface area contributed by atoms with Crippen LogP contribution in [0.15, 0.2) is 36.4 Å². The highest BCUT2D eigenvalue weighted by Gasteiger charge is 2.29. The fourth-order valence-corrected chi connectivity index (χ4v) is 6.37. The van der Waals surface area contributed by atoms with Crippen LogP contribution in [0.2, 0.25) is 15.1 Å². The first kappa shape index (κ1) is 31.3. The van der Waals surface area contributed by atoms with Gasteiger partial charge in [-0.15, -0.1) is 0 Å². The molecule has 0 heterocycles. The number of amides is 2. The number of ether oxygens (including phenoxy) is 1. The van der Waals surface area contributed by atoms with Gasteiger partial charge in [0.2, 0.25) is 21.8 Å². The SMILES string of the molecule is COc1ccc(N(CCCC(=O)N(Cc2c(Cl)cccc2Cl)[C@@H](C)C(=O)NC2CCCC2)S(C)(=O)=O)cc1Cl. The molecule has 2 aromatic rings. The van der Waals surface area contributed by atoms with Crippen molar-refractivity contribution in [2.24, 2.45) is 0 Å². The summed E-state index contributed by atoms with van der Waals surface area (Å²) in [6.45, 7) is 1.76. The minimum Gasteiger partial charge on any atom is -0.495 e. The maximum atomic E-state index is 13.5. The number of benzene rings is 2. The van der Waals surface area contributed by atoms with E-state index in [-0.39, 0.29) is 48.8 Å². The van der Waals surface area contributed by atoms with Gasteiger partial charge in [0.05, 0.1) is 24.1 Å². The third-order valence-electron chi connectivity index (χ3n) is 6.83. The van der Waals surface area contributed by atoms with Gasteiger partial charge in [-0.3, -0.25) is 13.9 Å². The quantitative estimate of drug-likeness (QED) is 0.330. The molecule has 1 saturated carbocycles. The van der Waals surface area contributed by atoms with Gasteiger partial charge >= 0.3 is 0 Å². The number of hydrogen-bond donors (Lipinski definition) is 1. The summed E-state index contributed by atoms with van der Waals surface area (Å²) >= 11 is 19.0. The molecule has 0 bridgehead atoms. The van der Waals surface area contributed by atoms with Gasteiger partial charge in [0.15, 0.2) is 0 Å². The van der Waals surface area contributed by atoms with Crippen LogP contribution < -0.4 is 14.4 Å². The monoisotopic (exact) mass is 617 g/mol. The summed E-state index contributed by atoms with van der Waals surface area (Å²) in [6.07, 6.45) is 5.26. The number of halogens is 3.